The van der Waals surface area contributed by atoms with Crippen LogP contribution in [0.4, 0.5) is 0 Å². The van der Waals surface area contributed by atoms with Gasteiger partial charge in [-0.1, -0.05) is 0 Å². The average molecular weight is 278 g/mol. The fourth-order valence-electron chi connectivity index (χ4n) is 2.91. The van der Waals surface area contributed by atoms with Crippen molar-refractivity contribution in [3.63, 3.8) is 0 Å². The van der Waals surface area contributed by atoms with Gasteiger partial charge in [0.1, 0.15) is 6.29 Å². The summed E-state index contributed by atoms with van der Waals surface area (Å²) in [5, 5.41) is 21.0. The van der Waals surface area contributed by atoms with Crippen LogP contribution in [0.3, 0.4) is 0 Å². The third-order valence-electron chi connectivity index (χ3n) is 4.16. The molecule has 20 heavy (non-hydrogen) atoms. The number of carbonyl (C=O) groups excluding carboxylic acids is 1. The van der Waals surface area contributed by atoms with Crippen LogP contribution in [0.15, 0.2) is 18.2 Å². The molecule has 5 heteroatoms. The van der Waals surface area contributed by atoms with Crippen molar-refractivity contribution >= 4 is 6.29 Å². The van der Waals surface area contributed by atoms with Crippen molar-refractivity contribution in [3.8, 4) is 11.5 Å². The molecule has 3 N–H and O–H groups in total. The predicted molar refractivity (Wildman–Crippen MR) is 77.2 cm³/mol. The molecule has 4 rings (SSSR count). The fraction of sp³-hybridized carbons (Fsp3) is 0.533. The first-order valence-corrected chi connectivity index (χ1v) is 7.01. The van der Waals surface area contributed by atoms with Crippen LogP contribution >= 0.6 is 0 Å². The van der Waals surface area contributed by atoms with E-state index in [2.05, 4.69) is 17.3 Å². The van der Waals surface area contributed by atoms with Crippen molar-refractivity contribution in [1.29, 1.82) is 0 Å². The summed E-state index contributed by atoms with van der Waals surface area (Å²) in [7, 11) is 2.09. The maximum absolute atomic E-state index is 10.1. The van der Waals surface area contributed by atoms with Crippen LogP contribution in [-0.2, 0) is 0 Å². The Hall–Kier alpha value is -1.59. The van der Waals surface area contributed by atoms with E-state index in [1.165, 1.54) is 50.7 Å². The Balaban J connectivity index is 0.000000147. The molecule has 0 aromatic heterocycles. The fourth-order valence-corrected chi connectivity index (χ4v) is 2.91. The van der Waals surface area contributed by atoms with E-state index in [0.29, 0.717) is 11.8 Å². The number of fused-ring (bicyclic) bond motifs is 3. The van der Waals surface area contributed by atoms with Gasteiger partial charge in [0, 0.05) is 18.2 Å². The van der Waals surface area contributed by atoms with Crippen LogP contribution in [0.5, 0.6) is 11.5 Å². The molecule has 0 amide bonds. The Labute approximate surface area is 119 Å². The normalized spacial score (nSPS) is 27.6. The lowest BCUT2D eigenvalue weighted by molar-refractivity contribution is 0.0764. The number of nitrogens with zero attached hydrogens (tertiary/aromatic N) is 1. The number of rotatable bonds is 2. The van der Waals surface area contributed by atoms with E-state index in [1.807, 2.05) is 0 Å². The molecule has 1 unspecified atom stereocenters. The molecule has 3 saturated heterocycles. The summed E-state index contributed by atoms with van der Waals surface area (Å²) in [5.74, 6) is 0.491. The first kappa shape index (κ1) is 14.8. The maximum atomic E-state index is 10.1. The monoisotopic (exact) mass is 278 g/mol. The Bertz CT molecular complexity index is 456. The van der Waals surface area contributed by atoms with Crippen molar-refractivity contribution in [2.75, 3.05) is 26.7 Å². The number of hydrogen-bond acceptors (Lipinski definition) is 5. The minimum Gasteiger partial charge on any atom is -0.504 e. The Morgan fingerprint density at radius 2 is 1.95 bits per heavy atom. The molecular weight excluding hydrogens is 256 g/mol. The number of carbonyl (C=O) groups is 1. The SMILES string of the molecule is CNC1CN2CCC1CC2.O=Cc1ccc(O)c(O)c1. The van der Waals surface area contributed by atoms with Crippen molar-refractivity contribution in [2.45, 2.75) is 18.9 Å². The standard InChI is InChI=1S/C8H16N2.C7H6O3/c1-9-8-6-10-4-2-7(8)3-5-10;8-4-5-1-2-6(9)7(10)3-5/h7-9H,2-6H2,1H3;1-4,9-10H. The molecule has 3 aliphatic heterocycles. The Morgan fingerprint density at radius 3 is 2.35 bits per heavy atom. The molecule has 110 valence electrons. The van der Waals surface area contributed by atoms with E-state index < -0.39 is 0 Å². The molecule has 0 saturated carbocycles. The van der Waals surface area contributed by atoms with E-state index in [0.717, 1.165) is 12.0 Å². The summed E-state index contributed by atoms with van der Waals surface area (Å²) in [6.07, 6.45) is 3.44. The van der Waals surface area contributed by atoms with Gasteiger partial charge in [0.15, 0.2) is 11.5 Å². The highest BCUT2D eigenvalue weighted by Gasteiger charge is 2.32. The quantitative estimate of drug-likeness (QED) is 0.560. The van der Waals surface area contributed by atoms with Crippen molar-refractivity contribution < 1.29 is 15.0 Å². The number of hydrogen-bond donors (Lipinski definition) is 3. The Kier molecular flexibility index (Phi) is 4.98. The molecule has 2 bridgehead atoms. The number of likely N-dealkylation sites (N-methyl/N-ethyl adjacent to an activating group) is 1. The highest BCUT2D eigenvalue weighted by molar-refractivity contribution is 5.76. The third kappa shape index (κ3) is 3.49. The molecule has 3 aliphatic rings. The van der Waals surface area contributed by atoms with Gasteiger partial charge in [-0.25, -0.2) is 0 Å². The molecule has 1 atom stereocenters. The van der Waals surface area contributed by atoms with Crippen LogP contribution in [0.25, 0.3) is 0 Å². The van der Waals surface area contributed by atoms with Crippen LogP contribution in [0.2, 0.25) is 0 Å². The molecule has 0 radical (unpaired) electrons. The lowest BCUT2D eigenvalue weighted by atomic mass is 9.84. The topological polar surface area (TPSA) is 72.8 Å². The van der Waals surface area contributed by atoms with Gasteiger partial charge in [0.05, 0.1) is 0 Å². The maximum Gasteiger partial charge on any atom is 0.158 e. The van der Waals surface area contributed by atoms with Crippen molar-refractivity contribution in [1.82, 2.24) is 10.2 Å². The second-order valence-corrected chi connectivity index (χ2v) is 5.40. The van der Waals surface area contributed by atoms with E-state index in [-0.39, 0.29) is 11.5 Å². The van der Waals surface area contributed by atoms with Crippen LogP contribution in [0.1, 0.15) is 23.2 Å². The Morgan fingerprint density at radius 1 is 1.25 bits per heavy atom. The zero-order valence-electron chi connectivity index (χ0n) is 11.7. The molecule has 1 aromatic rings. The minimum absolute atomic E-state index is 0.217. The lowest BCUT2D eigenvalue weighted by Gasteiger charge is -2.44. The van der Waals surface area contributed by atoms with Crippen LogP contribution in [-0.4, -0.2) is 54.1 Å². The number of aldehydes is 1. The zero-order valence-corrected chi connectivity index (χ0v) is 11.7. The zero-order chi connectivity index (χ0) is 14.5. The molecular formula is C15H22N2O3. The van der Waals surface area contributed by atoms with Crippen LogP contribution in [0, 0.1) is 5.92 Å². The van der Waals surface area contributed by atoms with Crippen molar-refractivity contribution in [3.05, 3.63) is 23.8 Å². The molecule has 3 fully saturated rings. The predicted octanol–water partition coefficient (Wildman–Crippen LogP) is 1.21. The summed E-state index contributed by atoms with van der Waals surface area (Å²) in [6.45, 7) is 3.99. The number of aromatic hydroxyl groups is 2. The number of phenolic OH excluding ortho intramolecular Hbond substituents is 2. The number of phenols is 2. The summed E-state index contributed by atoms with van der Waals surface area (Å²) in [5.41, 5.74) is 0.343. The van der Waals surface area contributed by atoms with Gasteiger partial charge in [-0.2, -0.15) is 0 Å². The summed E-state index contributed by atoms with van der Waals surface area (Å²) in [4.78, 5) is 12.6. The van der Waals surface area contributed by atoms with E-state index in [1.54, 1.807) is 0 Å². The second kappa shape index (κ2) is 6.72. The summed E-state index contributed by atoms with van der Waals surface area (Å²) in [6, 6.07) is 4.67. The number of nitrogens with one attached hydrogen (secondary N) is 1. The lowest BCUT2D eigenvalue weighted by Crippen LogP contribution is -2.55. The molecule has 3 heterocycles. The molecule has 0 spiro atoms. The van der Waals surface area contributed by atoms with Gasteiger partial charge in [-0.3, -0.25) is 4.79 Å². The van der Waals surface area contributed by atoms with Gasteiger partial charge < -0.3 is 20.4 Å². The smallest absolute Gasteiger partial charge is 0.158 e. The largest absolute Gasteiger partial charge is 0.504 e. The highest BCUT2D eigenvalue weighted by atomic mass is 16.3. The van der Waals surface area contributed by atoms with Gasteiger partial charge in [-0.05, 0) is 57.1 Å². The minimum atomic E-state index is -0.274. The second-order valence-electron chi connectivity index (χ2n) is 5.40. The molecule has 1 aromatic carbocycles. The number of benzene rings is 1. The first-order valence-electron chi connectivity index (χ1n) is 7.01. The first-order chi connectivity index (χ1) is 9.63. The van der Waals surface area contributed by atoms with Gasteiger partial charge >= 0.3 is 0 Å². The molecule has 5 nitrogen and oxygen atoms in total. The van der Waals surface area contributed by atoms with E-state index >= 15 is 0 Å². The van der Waals surface area contributed by atoms with Crippen LogP contribution < -0.4 is 5.32 Å². The van der Waals surface area contributed by atoms with Gasteiger partial charge in [-0.15, -0.1) is 0 Å². The summed E-state index contributed by atoms with van der Waals surface area (Å²) < 4.78 is 0. The van der Waals surface area contributed by atoms with E-state index in [9.17, 15) is 4.79 Å². The van der Waals surface area contributed by atoms with E-state index in [4.69, 9.17) is 10.2 Å². The van der Waals surface area contributed by atoms with Gasteiger partial charge in [0.25, 0.3) is 0 Å². The summed E-state index contributed by atoms with van der Waals surface area (Å²) >= 11 is 0. The van der Waals surface area contributed by atoms with Crippen molar-refractivity contribution in [2.24, 2.45) is 5.92 Å². The van der Waals surface area contributed by atoms with Gasteiger partial charge in [0.2, 0.25) is 0 Å². The highest BCUT2D eigenvalue weighted by Crippen LogP contribution is 2.27. The average Bonchev–Trinajstić information content (AvgIpc) is 2.51. The number of piperidine rings is 3. The third-order valence-corrected chi connectivity index (χ3v) is 4.16. The molecule has 0 aliphatic carbocycles.